The van der Waals surface area contributed by atoms with E-state index in [4.69, 9.17) is 4.84 Å². The van der Waals surface area contributed by atoms with E-state index in [1.165, 1.54) is 22.9 Å². The number of hydroxylamine groups is 2. The largest absolute Gasteiger partial charge is 0.384 e. The highest BCUT2D eigenvalue weighted by atomic mass is 16.7. The molecular formula is C14H11N3O4. The van der Waals surface area contributed by atoms with Crippen molar-refractivity contribution < 1.29 is 19.2 Å². The number of rotatable bonds is 2. The van der Waals surface area contributed by atoms with Crippen LogP contribution in [0.15, 0.2) is 30.3 Å². The Hall–Kier alpha value is -2.96. The van der Waals surface area contributed by atoms with Gasteiger partial charge in [-0.1, -0.05) is 17.2 Å². The van der Waals surface area contributed by atoms with E-state index < -0.39 is 17.8 Å². The first-order valence-corrected chi connectivity index (χ1v) is 6.20. The van der Waals surface area contributed by atoms with Crippen molar-refractivity contribution in [3.63, 3.8) is 0 Å². The van der Waals surface area contributed by atoms with Gasteiger partial charge in [0, 0.05) is 12.7 Å². The van der Waals surface area contributed by atoms with Crippen molar-refractivity contribution in [1.29, 1.82) is 0 Å². The SMILES string of the molecule is Cc1cc(C(=O)ON2C(=O)c3ccccc3C2=O)nn1C. The summed E-state index contributed by atoms with van der Waals surface area (Å²) >= 11 is 0. The minimum absolute atomic E-state index is 0.0338. The molecule has 0 saturated heterocycles. The van der Waals surface area contributed by atoms with Crippen molar-refractivity contribution >= 4 is 17.8 Å². The van der Waals surface area contributed by atoms with E-state index >= 15 is 0 Å². The van der Waals surface area contributed by atoms with Crippen LogP contribution in [0.5, 0.6) is 0 Å². The summed E-state index contributed by atoms with van der Waals surface area (Å²) in [6.07, 6.45) is 0. The van der Waals surface area contributed by atoms with Crippen LogP contribution in [0.4, 0.5) is 0 Å². The van der Waals surface area contributed by atoms with E-state index in [0.29, 0.717) is 5.06 Å². The van der Waals surface area contributed by atoms with Crippen molar-refractivity contribution in [2.24, 2.45) is 7.05 Å². The van der Waals surface area contributed by atoms with Crippen molar-refractivity contribution in [1.82, 2.24) is 14.8 Å². The molecule has 1 aromatic heterocycles. The molecule has 7 heteroatoms. The number of hydrogen-bond acceptors (Lipinski definition) is 5. The van der Waals surface area contributed by atoms with Crippen molar-refractivity contribution in [3.05, 3.63) is 52.8 Å². The predicted molar refractivity (Wildman–Crippen MR) is 70.3 cm³/mol. The van der Waals surface area contributed by atoms with Crippen LogP contribution >= 0.6 is 0 Å². The van der Waals surface area contributed by atoms with Gasteiger partial charge in [0.2, 0.25) is 0 Å². The highest BCUT2D eigenvalue weighted by molar-refractivity contribution is 6.21. The highest BCUT2D eigenvalue weighted by Crippen LogP contribution is 2.23. The Morgan fingerprint density at radius 2 is 1.71 bits per heavy atom. The second kappa shape index (κ2) is 4.55. The van der Waals surface area contributed by atoms with E-state index in [0.717, 1.165) is 5.69 Å². The fourth-order valence-electron chi connectivity index (χ4n) is 2.04. The molecule has 1 aliphatic heterocycles. The fraction of sp³-hybridized carbons (Fsp3) is 0.143. The van der Waals surface area contributed by atoms with Crippen LogP contribution in [-0.2, 0) is 11.9 Å². The topological polar surface area (TPSA) is 81.5 Å². The van der Waals surface area contributed by atoms with Gasteiger partial charge in [-0.05, 0) is 25.1 Å². The first-order chi connectivity index (χ1) is 9.99. The number of aromatic nitrogens is 2. The maximum absolute atomic E-state index is 12.0. The molecule has 2 heterocycles. The maximum Gasteiger partial charge on any atom is 0.384 e. The molecule has 0 radical (unpaired) electrons. The number of benzene rings is 1. The molecule has 0 bridgehead atoms. The Morgan fingerprint density at radius 3 is 2.19 bits per heavy atom. The Morgan fingerprint density at radius 1 is 1.14 bits per heavy atom. The summed E-state index contributed by atoms with van der Waals surface area (Å²) in [6, 6.07) is 7.80. The summed E-state index contributed by atoms with van der Waals surface area (Å²) in [5.74, 6) is -2.17. The lowest BCUT2D eigenvalue weighted by molar-refractivity contribution is -0.0588. The van der Waals surface area contributed by atoms with E-state index in [-0.39, 0.29) is 16.8 Å². The summed E-state index contributed by atoms with van der Waals surface area (Å²) in [5, 5.41) is 4.41. The molecule has 2 aromatic rings. The first-order valence-electron chi connectivity index (χ1n) is 6.20. The van der Waals surface area contributed by atoms with E-state index in [1.54, 1.807) is 26.1 Å². The van der Waals surface area contributed by atoms with Crippen LogP contribution in [0.1, 0.15) is 36.9 Å². The molecule has 7 nitrogen and oxygen atoms in total. The lowest BCUT2D eigenvalue weighted by atomic mass is 10.1. The molecule has 1 aliphatic rings. The molecule has 3 rings (SSSR count). The monoisotopic (exact) mass is 285 g/mol. The smallest absolute Gasteiger partial charge is 0.322 e. The number of carbonyl (C=O) groups is 3. The Balaban J connectivity index is 1.85. The standard InChI is InChI=1S/C14H11N3O4/c1-8-7-11(15-16(8)2)14(20)21-17-12(18)9-5-3-4-6-10(9)13(17)19/h3-7H,1-2H3. The summed E-state index contributed by atoms with van der Waals surface area (Å²) in [5.41, 5.74) is 1.22. The van der Waals surface area contributed by atoms with Crippen molar-refractivity contribution in [2.45, 2.75) is 6.92 Å². The zero-order chi connectivity index (χ0) is 15.1. The zero-order valence-electron chi connectivity index (χ0n) is 11.4. The molecule has 2 amide bonds. The normalized spacial score (nSPS) is 13.5. The van der Waals surface area contributed by atoms with Gasteiger partial charge in [-0.15, -0.1) is 0 Å². The van der Waals surface area contributed by atoms with E-state index in [1.807, 2.05) is 0 Å². The third-order valence-electron chi connectivity index (χ3n) is 3.25. The second-order valence-electron chi connectivity index (χ2n) is 4.62. The molecule has 0 aliphatic carbocycles. The Bertz CT molecular complexity index is 724. The van der Waals surface area contributed by atoms with Gasteiger partial charge in [0.1, 0.15) is 0 Å². The summed E-state index contributed by atoms with van der Waals surface area (Å²) in [4.78, 5) is 41.0. The lowest BCUT2D eigenvalue weighted by Crippen LogP contribution is -2.32. The van der Waals surface area contributed by atoms with Gasteiger partial charge in [-0.3, -0.25) is 14.3 Å². The van der Waals surface area contributed by atoms with Crippen LogP contribution in [0.3, 0.4) is 0 Å². The Labute approximate surface area is 119 Å². The number of carbonyl (C=O) groups excluding carboxylic acids is 3. The third kappa shape index (κ3) is 1.99. The number of fused-ring (bicyclic) bond motifs is 1. The predicted octanol–water partition coefficient (Wildman–Crippen LogP) is 1.10. The molecule has 21 heavy (non-hydrogen) atoms. The summed E-state index contributed by atoms with van der Waals surface area (Å²) in [6.45, 7) is 1.77. The van der Waals surface area contributed by atoms with Gasteiger partial charge in [0.15, 0.2) is 5.69 Å². The van der Waals surface area contributed by atoms with Gasteiger partial charge < -0.3 is 4.84 Å². The van der Waals surface area contributed by atoms with Crippen LogP contribution in [0, 0.1) is 6.92 Å². The average molecular weight is 285 g/mol. The van der Waals surface area contributed by atoms with Crippen LogP contribution in [0.25, 0.3) is 0 Å². The second-order valence-corrected chi connectivity index (χ2v) is 4.62. The van der Waals surface area contributed by atoms with Crippen LogP contribution < -0.4 is 0 Å². The molecule has 106 valence electrons. The molecule has 0 spiro atoms. The molecule has 0 atom stereocenters. The van der Waals surface area contributed by atoms with Crippen LogP contribution in [-0.4, -0.2) is 32.6 Å². The molecule has 0 unspecified atom stereocenters. The van der Waals surface area contributed by atoms with E-state index in [2.05, 4.69) is 5.10 Å². The van der Waals surface area contributed by atoms with Crippen molar-refractivity contribution in [2.75, 3.05) is 0 Å². The number of imide groups is 1. The van der Waals surface area contributed by atoms with Gasteiger partial charge in [-0.2, -0.15) is 5.10 Å². The molecule has 0 fully saturated rings. The molecule has 0 saturated carbocycles. The quantitative estimate of drug-likeness (QED) is 0.772. The number of nitrogens with zero attached hydrogens (tertiary/aromatic N) is 3. The van der Waals surface area contributed by atoms with E-state index in [9.17, 15) is 14.4 Å². The molecule has 0 N–H and O–H groups in total. The number of hydrogen-bond donors (Lipinski definition) is 0. The minimum Gasteiger partial charge on any atom is -0.322 e. The zero-order valence-corrected chi connectivity index (χ0v) is 11.4. The van der Waals surface area contributed by atoms with Gasteiger partial charge in [0.05, 0.1) is 11.1 Å². The van der Waals surface area contributed by atoms with Gasteiger partial charge in [0.25, 0.3) is 11.8 Å². The number of amides is 2. The van der Waals surface area contributed by atoms with Gasteiger partial charge >= 0.3 is 5.97 Å². The maximum atomic E-state index is 12.0. The molecule has 1 aromatic carbocycles. The minimum atomic E-state index is -0.854. The highest BCUT2D eigenvalue weighted by Gasteiger charge is 2.39. The fourth-order valence-corrected chi connectivity index (χ4v) is 2.04. The summed E-state index contributed by atoms with van der Waals surface area (Å²) in [7, 11) is 1.67. The van der Waals surface area contributed by atoms with Gasteiger partial charge in [-0.25, -0.2) is 4.79 Å². The van der Waals surface area contributed by atoms with Crippen molar-refractivity contribution in [3.8, 4) is 0 Å². The van der Waals surface area contributed by atoms with Crippen LogP contribution in [0.2, 0.25) is 0 Å². The Kier molecular flexibility index (Phi) is 2.83. The third-order valence-corrected chi connectivity index (χ3v) is 3.25. The molecular weight excluding hydrogens is 274 g/mol. The lowest BCUT2D eigenvalue weighted by Gasteiger charge is -2.11. The first kappa shape index (κ1) is 13.0. The summed E-state index contributed by atoms with van der Waals surface area (Å²) < 4.78 is 1.50. The average Bonchev–Trinajstić information content (AvgIpc) is 2.93. The number of aryl methyl sites for hydroxylation is 2.